The number of unbranched alkanes of at least 4 members (excludes halogenated alkanes) is 29. The van der Waals surface area contributed by atoms with Crippen LogP contribution in [0.5, 0.6) is 0 Å². The Kier molecular flexibility index (Phi) is 77.3. The third-order valence-electron chi connectivity index (χ3n) is 17.2. The molecule has 0 heterocycles. The number of rotatable bonds is 76. The van der Waals surface area contributed by atoms with Crippen molar-refractivity contribution in [3.8, 4) is 0 Å². The molecular weight excluding hydrogens is 1360 g/mol. The summed E-state index contributed by atoms with van der Waals surface area (Å²) in [6, 6.07) is -1.94. The first-order valence-corrected chi connectivity index (χ1v) is 42.0. The normalized spacial score (nSPS) is 14.6. The molecule has 0 aliphatic heterocycles. The van der Waals surface area contributed by atoms with Crippen LogP contribution in [-0.4, -0.2) is 147 Å². The van der Waals surface area contributed by atoms with E-state index in [0.717, 1.165) is 135 Å². The summed E-state index contributed by atoms with van der Waals surface area (Å²) >= 11 is 0. The first-order valence-electron chi connectivity index (χ1n) is 39.1. The second-order valence-corrected chi connectivity index (χ2v) is 29.7. The minimum atomic E-state index is -5.00. The molecule has 8 unspecified atom stereocenters. The molecule has 0 aliphatic carbocycles. The maximum absolute atomic E-state index is 13.3. The van der Waals surface area contributed by atoms with Crippen LogP contribution >= 0.6 is 15.6 Å². The molecule has 101 heavy (non-hydrogen) atoms. The monoisotopic (exact) mass is 1500 g/mol. The van der Waals surface area contributed by atoms with Crippen molar-refractivity contribution in [1.82, 2.24) is 21.3 Å². The molecule has 0 fully saturated rings. The van der Waals surface area contributed by atoms with E-state index in [4.69, 9.17) is 32.3 Å². The number of Topliss-reactive ketones (excluding diaryl/α,β-unsaturated/α-hetero) is 1. The van der Waals surface area contributed by atoms with Crippen molar-refractivity contribution in [1.29, 1.82) is 0 Å². The first kappa shape index (κ1) is 104. The van der Waals surface area contributed by atoms with Crippen molar-refractivity contribution in [3.63, 3.8) is 0 Å². The summed E-state index contributed by atoms with van der Waals surface area (Å²) in [6.07, 6.45) is 41.8. The van der Waals surface area contributed by atoms with Crippen LogP contribution in [0, 0.1) is 0 Å². The SMILES string of the molecule is CCCCCC/C=C\CCCC(O)OC(CCCCCCC)CCOCC(COP(=O)([O-])OCCNC(=O)CCC(=O)NCCOP(=O)([O-])OCC(COCCC(O)CCCCCCC)NC(=O)CC(=O)CCCCCCCCCCC)NC(=O)CC(O)CCCCCCCCCCC.[Na+].[Na+]. The second kappa shape index (κ2) is 74.7. The molecule has 0 spiro atoms. The Morgan fingerprint density at radius 3 is 1.25 bits per heavy atom. The molecule has 0 aliphatic rings. The van der Waals surface area contributed by atoms with Gasteiger partial charge in [0.05, 0.1) is 82.9 Å². The van der Waals surface area contributed by atoms with E-state index in [1.54, 1.807) is 0 Å². The smallest absolute Gasteiger partial charge is 0.756 e. The molecular formula is C74H142N4Na2O19P2. The number of hydrogen-bond donors (Lipinski definition) is 7. The number of carbonyl (C=O) groups excluding carboxylic acids is 5. The Balaban J connectivity index is -0.0000480. The van der Waals surface area contributed by atoms with Gasteiger partial charge in [0.2, 0.25) is 23.6 Å². The number of ketones is 1. The first-order chi connectivity index (χ1) is 47.8. The fraction of sp³-hybridized carbons (Fsp3) is 0.905. The number of carbonyl (C=O) groups is 5. The summed E-state index contributed by atoms with van der Waals surface area (Å²) < 4.78 is 63.8. The van der Waals surface area contributed by atoms with E-state index in [0.29, 0.717) is 38.5 Å². The maximum atomic E-state index is 13.3. The number of allylic oxidation sites excluding steroid dienone is 2. The summed E-state index contributed by atoms with van der Waals surface area (Å²) in [5.41, 5.74) is 0. The van der Waals surface area contributed by atoms with Crippen LogP contribution < -0.4 is 90.2 Å². The Morgan fingerprint density at radius 1 is 0.396 bits per heavy atom. The molecule has 4 amide bonds. The molecule has 0 aromatic carbocycles. The summed E-state index contributed by atoms with van der Waals surface area (Å²) in [4.78, 5) is 89.8. The largest absolute Gasteiger partial charge is 1.00 e. The van der Waals surface area contributed by atoms with E-state index in [-0.39, 0.29) is 143 Å². The van der Waals surface area contributed by atoms with E-state index < -0.39 is 96.3 Å². The van der Waals surface area contributed by atoms with E-state index in [2.05, 4.69) is 68.0 Å². The van der Waals surface area contributed by atoms with Crippen molar-refractivity contribution in [2.24, 2.45) is 0 Å². The van der Waals surface area contributed by atoms with E-state index in [1.165, 1.54) is 89.9 Å². The van der Waals surface area contributed by atoms with Gasteiger partial charge in [-0.2, -0.15) is 0 Å². The Hall–Kier alpha value is -0.730. The van der Waals surface area contributed by atoms with Gasteiger partial charge >= 0.3 is 59.1 Å². The zero-order valence-electron chi connectivity index (χ0n) is 64.5. The Bertz CT molecular complexity index is 2080. The van der Waals surface area contributed by atoms with Gasteiger partial charge in [-0.25, -0.2) is 0 Å². The predicted molar refractivity (Wildman–Crippen MR) is 388 cm³/mol. The van der Waals surface area contributed by atoms with Gasteiger partial charge in [0.25, 0.3) is 15.6 Å². The number of aliphatic hydroxyl groups is 3. The maximum Gasteiger partial charge on any atom is 1.00 e. The number of amides is 4. The van der Waals surface area contributed by atoms with Crippen LogP contribution in [0.1, 0.15) is 330 Å². The third-order valence-corrected chi connectivity index (χ3v) is 19.1. The molecule has 0 bridgehead atoms. The standard InChI is InChI=1S/C74H144N4O19P2.2Na/c1-6-11-16-21-24-27-30-35-39-44-67(80)58-72(84)77-64(60-91-54-50-66(79)43-38-33-19-14-9-4)62-95-98(87,88)93-56-52-75-70(82)48-49-71(83)76-53-57-94-99(89,90)96-63-65(78-73(85)59-68(81)45-40-36-31-28-25-22-17-12-7-2)61-92-55-51-69(46-41-34-20-15-10-5)97-74(86)47-42-37-32-29-26-23-18-13-8-3;;/h29,32,64-66,68-69,74,79,81,86H,6-28,30-31,33-63H2,1-5H3,(H,75,82)(H,76,83)(H,77,84)(H,78,85)(H,87,88)(H,89,90);;/q;2*+1/p-2/b32-29-;;. The molecule has 0 aromatic rings. The predicted octanol–water partition coefficient (Wildman–Crippen LogP) is 7.83. The van der Waals surface area contributed by atoms with E-state index >= 15 is 0 Å². The van der Waals surface area contributed by atoms with Gasteiger partial charge < -0.3 is 78.7 Å². The fourth-order valence-corrected chi connectivity index (χ4v) is 12.7. The van der Waals surface area contributed by atoms with Crippen molar-refractivity contribution >= 4 is 45.1 Å². The van der Waals surface area contributed by atoms with E-state index in [1.807, 2.05) is 0 Å². The molecule has 0 saturated carbocycles. The van der Waals surface area contributed by atoms with Crippen LogP contribution in [-0.2, 0) is 65.4 Å². The van der Waals surface area contributed by atoms with E-state index in [9.17, 15) is 58.2 Å². The molecule has 0 aromatic heterocycles. The molecule has 0 rings (SSSR count). The van der Waals surface area contributed by atoms with Crippen molar-refractivity contribution in [2.45, 2.75) is 367 Å². The molecule has 8 atom stereocenters. The van der Waals surface area contributed by atoms with Crippen LogP contribution in [0.2, 0.25) is 0 Å². The zero-order valence-corrected chi connectivity index (χ0v) is 70.3. The van der Waals surface area contributed by atoms with Gasteiger partial charge in [0, 0.05) is 45.6 Å². The molecule has 23 nitrogen and oxygen atoms in total. The van der Waals surface area contributed by atoms with Gasteiger partial charge in [-0.15, -0.1) is 0 Å². The number of phosphoric ester groups is 2. The number of phosphoric acid groups is 2. The molecule has 0 saturated heterocycles. The molecule has 27 heteroatoms. The minimum Gasteiger partial charge on any atom is -0.756 e. The quantitative estimate of drug-likeness (QED) is 0.00761. The zero-order chi connectivity index (χ0) is 73.1. The Morgan fingerprint density at radius 2 is 0.782 bits per heavy atom. The Labute approximate surface area is 655 Å². The third kappa shape index (κ3) is 73.2. The average Bonchev–Trinajstić information content (AvgIpc) is 0.932. The van der Waals surface area contributed by atoms with Crippen LogP contribution in [0.4, 0.5) is 0 Å². The van der Waals surface area contributed by atoms with Crippen LogP contribution in [0.3, 0.4) is 0 Å². The second-order valence-electron chi connectivity index (χ2n) is 26.9. The number of ether oxygens (including phenoxy) is 3. The van der Waals surface area contributed by atoms with Crippen molar-refractivity contribution in [3.05, 3.63) is 12.2 Å². The number of aliphatic hydroxyl groups excluding tert-OH is 3. The van der Waals surface area contributed by atoms with Crippen molar-refractivity contribution in [2.75, 3.05) is 65.9 Å². The van der Waals surface area contributed by atoms with Gasteiger partial charge in [0.15, 0.2) is 6.29 Å². The fourth-order valence-electron chi connectivity index (χ4n) is 11.2. The number of nitrogens with one attached hydrogen (secondary N) is 4. The van der Waals surface area contributed by atoms with Gasteiger partial charge in [-0.1, -0.05) is 239 Å². The number of hydrogen-bond acceptors (Lipinski definition) is 19. The summed E-state index contributed by atoms with van der Waals surface area (Å²) in [5, 5.41) is 42.4. The van der Waals surface area contributed by atoms with Gasteiger partial charge in [-0.3, -0.25) is 33.1 Å². The van der Waals surface area contributed by atoms with Crippen LogP contribution in [0.25, 0.3) is 0 Å². The topological polar surface area (TPSA) is 339 Å². The van der Waals surface area contributed by atoms with Gasteiger partial charge in [0.1, 0.15) is 5.78 Å². The summed E-state index contributed by atoms with van der Waals surface area (Å²) in [7, 11) is -9.99. The molecule has 7 N–H and O–H groups in total. The summed E-state index contributed by atoms with van der Waals surface area (Å²) in [5.74, 6) is -2.57. The minimum absolute atomic E-state index is 0. The average molecular weight is 1500 g/mol. The van der Waals surface area contributed by atoms with Crippen molar-refractivity contribution < 1.29 is 150 Å². The van der Waals surface area contributed by atoms with Crippen LogP contribution in [0.15, 0.2) is 12.2 Å². The molecule has 584 valence electrons. The molecule has 0 radical (unpaired) electrons. The van der Waals surface area contributed by atoms with Gasteiger partial charge in [-0.05, 0) is 70.6 Å². The summed E-state index contributed by atoms with van der Waals surface area (Å²) in [6.45, 7) is 8.17.